The summed E-state index contributed by atoms with van der Waals surface area (Å²) in [6, 6.07) is 13.8. The second-order valence-corrected chi connectivity index (χ2v) is 9.15. The average molecular weight is 403 g/mol. The van der Waals surface area contributed by atoms with Gasteiger partial charge in [0.1, 0.15) is 11.8 Å². The Morgan fingerprint density at radius 2 is 1.93 bits per heavy atom. The van der Waals surface area contributed by atoms with Crippen LogP contribution in [0.1, 0.15) is 41.6 Å². The van der Waals surface area contributed by atoms with Gasteiger partial charge in [-0.05, 0) is 48.1 Å². The van der Waals surface area contributed by atoms with E-state index in [2.05, 4.69) is 5.32 Å². The second-order valence-electron chi connectivity index (χ2n) is 7.11. The minimum Gasteiger partial charge on any atom is -0.497 e. The molecule has 0 radical (unpaired) electrons. The van der Waals surface area contributed by atoms with E-state index in [1.165, 1.54) is 7.05 Å². The molecule has 0 fully saturated rings. The molecule has 150 valence electrons. The highest BCUT2D eigenvalue weighted by Crippen LogP contribution is 2.33. The molecule has 0 heterocycles. The van der Waals surface area contributed by atoms with Gasteiger partial charge in [0.15, 0.2) is 0 Å². The van der Waals surface area contributed by atoms with Crippen LogP contribution in [0.4, 0.5) is 0 Å². The Morgan fingerprint density at radius 3 is 2.57 bits per heavy atom. The first kappa shape index (κ1) is 20.4. The summed E-state index contributed by atoms with van der Waals surface area (Å²) in [4.78, 5) is 13.2. The Bertz CT molecular complexity index is 944. The van der Waals surface area contributed by atoms with E-state index < -0.39 is 16.1 Å². The first-order chi connectivity index (χ1) is 13.3. The number of aryl methyl sites for hydroxylation is 1. The Balaban J connectivity index is 1.89. The number of nitrogens with zero attached hydrogens (tertiary/aromatic N) is 1. The summed E-state index contributed by atoms with van der Waals surface area (Å²) in [5.41, 5.74) is 2.86. The predicted octanol–water partition coefficient (Wildman–Crippen LogP) is 2.82. The molecule has 2 aromatic rings. The van der Waals surface area contributed by atoms with Crippen molar-refractivity contribution in [1.29, 1.82) is 0 Å². The highest BCUT2D eigenvalue weighted by molar-refractivity contribution is 7.88. The van der Waals surface area contributed by atoms with Crippen molar-refractivity contribution >= 4 is 15.9 Å². The molecule has 1 aliphatic carbocycles. The van der Waals surface area contributed by atoms with Crippen LogP contribution in [0.2, 0.25) is 0 Å². The summed E-state index contributed by atoms with van der Waals surface area (Å²) >= 11 is 0. The summed E-state index contributed by atoms with van der Waals surface area (Å²) in [6.45, 7) is 0. The van der Waals surface area contributed by atoms with Gasteiger partial charge in [0.25, 0.3) is 0 Å². The topological polar surface area (TPSA) is 75.7 Å². The number of rotatable bonds is 6. The minimum absolute atomic E-state index is 0.152. The predicted molar refractivity (Wildman–Crippen MR) is 109 cm³/mol. The van der Waals surface area contributed by atoms with Crippen LogP contribution in [0.5, 0.6) is 5.75 Å². The third kappa shape index (κ3) is 4.36. The van der Waals surface area contributed by atoms with Crippen LogP contribution in [0.15, 0.2) is 48.5 Å². The molecule has 0 aromatic heterocycles. The maximum atomic E-state index is 13.2. The van der Waals surface area contributed by atoms with Crippen molar-refractivity contribution in [3.05, 3.63) is 65.2 Å². The molecule has 0 bridgehead atoms. The lowest BCUT2D eigenvalue weighted by molar-refractivity contribution is -0.125. The van der Waals surface area contributed by atoms with Gasteiger partial charge in [0.05, 0.1) is 19.4 Å². The van der Waals surface area contributed by atoms with Crippen molar-refractivity contribution in [3.8, 4) is 5.75 Å². The molecule has 1 amide bonds. The quantitative estimate of drug-likeness (QED) is 0.806. The highest BCUT2D eigenvalue weighted by atomic mass is 32.2. The van der Waals surface area contributed by atoms with Gasteiger partial charge in [-0.1, -0.05) is 36.4 Å². The lowest BCUT2D eigenvalue weighted by Gasteiger charge is -2.31. The van der Waals surface area contributed by atoms with Gasteiger partial charge in [0.2, 0.25) is 15.9 Å². The lowest BCUT2D eigenvalue weighted by atomic mass is 9.87. The highest BCUT2D eigenvalue weighted by Gasteiger charge is 2.33. The number of ether oxygens (including phenoxy) is 1. The zero-order valence-electron chi connectivity index (χ0n) is 16.4. The van der Waals surface area contributed by atoms with Crippen LogP contribution in [-0.4, -0.2) is 39.0 Å². The maximum Gasteiger partial charge on any atom is 0.243 e. The minimum atomic E-state index is -3.55. The van der Waals surface area contributed by atoms with Crippen LogP contribution in [0.3, 0.4) is 0 Å². The van der Waals surface area contributed by atoms with Crippen LogP contribution >= 0.6 is 0 Å². The molecule has 2 aromatic carbocycles. The number of likely N-dealkylation sites (N-methyl/N-ethyl adjacent to an activating group) is 1. The summed E-state index contributed by atoms with van der Waals surface area (Å²) in [6.07, 6.45) is 3.81. The standard InChI is InChI=1S/C21H26N2O4S/c1-23(28(3,25)26)20(15-8-5-4-6-9-15)21(24)22-19-11-7-10-16-14-17(27-2)12-13-18(16)19/h4-6,8-9,12-14,19-20H,7,10-11H2,1-3H3,(H,22,24)/t19-,20-/m0/s1. The molecule has 7 heteroatoms. The van der Waals surface area contributed by atoms with Crippen molar-refractivity contribution in [2.24, 2.45) is 0 Å². The fourth-order valence-corrected chi connectivity index (χ4v) is 4.27. The molecule has 0 aliphatic heterocycles. The second kappa shape index (κ2) is 8.32. The zero-order chi connectivity index (χ0) is 20.3. The molecular weight excluding hydrogens is 376 g/mol. The normalized spacial score (nSPS) is 17.6. The van der Waals surface area contributed by atoms with Crippen molar-refractivity contribution in [2.75, 3.05) is 20.4 Å². The van der Waals surface area contributed by atoms with Gasteiger partial charge in [-0.2, -0.15) is 4.31 Å². The van der Waals surface area contributed by atoms with Crippen LogP contribution in [0.25, 0.3) is 0 Å². The summed E-state index contributed by atoms with van der Waals surface area (Å²) in [5, 5.41) is 3.08. The number of hydrogen-bond donors (Lipinski definition) is 1. The van der Waals surface area contributed by atoms with Crippen molar-refractivity contribution in [3.63, 3.8) is 0 Å². The fraction of sp³-hybridized carbons (Fsp3) is 0.381. The Hall–Kier alpha value is -2.38. The molecule has 0 unspecified atom stereocenters. The molecule has 0 saturated heterocycles. The lowest BCUT2D eigenvalue weighted by Crippen LogP contribution is -2.43. The fourth-order valence-electron chi connectivity index (χ4n) is 3.67. The monoisotopic (exact) mass is 402 g/mol. The first-order valence-corrected chi connectivity index (χ1v) is 11.1. The zero-order valence-corrected chi connectivity index (χ0v) is 17.2. The number of benzene rings is 2. The van der Waals surface area contributed by atoms with E-state index in [0.29, 0.717) is 5.56 Å². The first-order valence-electron chi connectivity index (χ1n) is 9.26. The molecule has 6 nitrogen and oxygen atoms in total. The largest absolute Gasteiger partial charge is 0.497 e. The van der Waals surface area contributed by atoms with Crippen LogP contribution in [0, 0.1) is 0 Å². The smallest absolute Gasteiger partial charge is 0.243 e. The number of sulfonamides is 1. The van der Waals surface area contributed by atoms with E-state index in [4.69, 9.17) is 4.74 Å². The molecule has 1 N–H and O–H groups in total. The number of hydrogen-bond acceptors (Lipinski definition) is 4. The van der Waals surface area contributed by atoms with Crippen molar-refractivity contribution < 1.29 is 17.9 Å². The third-order valence-corrected chi connectivity index (χ3v) is 6.49. The Labute approximate surface area is 166 Å². The van der Waals surface area contributed by atoms with Gasteiger partial charge in [-0.3, -0.25) is 4.79 Å². The van der Waals surface area contributed by atoms with Gasteiger partial charge >= 0.3 is 0 Å². The van der Waals surface area contributed by atoms with Crippen LogP contribution < -0.4 is 10.1 Å². The number of methoxy groups -OCH3 is 1. The van der Waals surface area contributed by atoms with E-state index in [-0.39, 0.29) is 11.9 Å². The number of fused-ring (bicyclic) bond motifs is 1. The van der Waals surface area contributed by atoms with E-state index in [1.54, 1.807) is 31.4 Å². The number of carbonyl (C=O) groups is 1. The van der Waals surface area contributed by atoms with Gasteiger partial charge < -0.3 is 10.1 Å². The molecular formula is C21H26N2O4S. The molecule has 28 heavy (non-hydrogen) atoms. The van der Waals surface area contributed by atoms with Gasteiger partial charge in [0, 0.05) is 7.05 Å². The van der Waals surface area contributed by atoms with E-state index in [9.17, 15) is 13.2 Å². The average Bonchev–Trinajstić information content (AvgIpc) is 2.68. The molecule has 0 spiro atoms. The number of nitrogens with one attached hydrogen (secondary N) is 1. The number of amides is 1. The Kier molecular flexibility index (Phi) is 6.05. The summed E-state index contributed by atoms with van der Waals surface area (Å²) < 4.78 is 30.7. The third-order valence-electron chi connectivity index (χ3n) is 5.23. The van der Waals surface area contributed by atoms with E-state index >= 15 is 0 Å². The number of carbonyl (C=O) groups excluding carboxylic acids is 1. The van der Waals surface area contributed by atoms with Crippen LogP contribution in [-0.2, 0) is 21.2 Å². The maximum absolute atomic E-state index is 13.2. The molecule has 0 saturated carbocycles. The van der Waals surface area contributed by atoms with Crippen molar-refractivity contribution in [1.82, 2.24) is 9.62 Å². The van der Waals surface area contributed by atoms with Gasteiger partial charge in [-0.15, -0.1) is 0 Å². The van der Waals surface area contributed by atoms with E-state index in [1.807, 2.05) is 24.3 Å². The van der Waals surface area contributed by atoms with Gasteiger partial charge in [-0.25, -0.2) is 8.42 Å². The molecule has 3 rings (SSSR count). The van der Waals surface area contributed by atoms with E-state index in [0.717, 1.165) is 46.7 Å². The SMILES string of the molecule is COc1ccc2c(c1)CCC[C@@H]2NC(=O)[C@H](c1ccccc1)N(C)S(C)(=O)=O. The molecule has 1 aliphatic rings. The molecule has 2 atom stereocenters. The Morgan fingerprint density at radius 1 is 1.21 bits per heavy atom. The van der Waals surface area contributed by atoms with Crippen molar-refractivity contribution in [2.45, 2.75) is 31.3 Å². The summed E-state index contributed by atoms with van der Waals surface area (Å²) in [5.74, 6) is 0.470. The summed E-state index contributed by atoms with van der Waals surface area (Å²) in [7, 11) is -0.479.